The van der Waals surface area contributed by atoms with Gasteiger partial charge in [0.05, 0.1) is 17.9 Å². The Balaban J connectivity index is 1.51. The van der Waals surface area contributed by atoms with Crippen molar-refractivity contribution < 1.29 is 9.53 Å². The topological polar surface area (TPSA) is 63.0 Å². The predicted molar refractivity (Wildman–Crippen MR) is 97.6 cm³/mol. The van der Waals surface area contributed by atoms with Crippen molar-refractivity contribution in [3.8, 4) is 0 Å². The standard InChI is InChI=1S/C19H19N5O2/c1-13-11-17-18(20-6-8-24(17)21-13)22-7-5-15-14(12-22)3-2-4-16(15)23-9-10-26-19(23)25/h2-4,6,8,11H,5,7,9-10,12H2,1H3. The van der Waals surface area contributed by atoms with Crippen molar-refractivity contribution in [1.29, 1.82) is 0 Å². The highest BCUT2D eigenvalue weighted by molar-refractivity contribution is 5.90. The first-order valence-electron chi connectivity index (χ1n) is 8.82. The summed E-state index contributed by atoms with van der Waals surface area (Å²) in [7, 11) is 0. The molecule has 0 saturated carbocycles. The van der Waals surface area contributed by atoms with Crippen molar-refractivity contribution in [2.75, 3.05) is 29.5 Å². The molecule has 3 aromatic rings. The number of ether oxygens (including phenoxy) is 1. The molecule has 2 aliphatic rings. The molecule has 7 nitrogen and oxygen atoms in total. The summed E-state index contributed by atoms with van der Waals surface area (Å²) in [5, 5.41) is 4.48. The second kappa shape index (κ2) is 5.72. The normalized spacial score (nSPS) is 16.9. The molecule has 7 heteroatoms. The maximum absolute atomic E-state index is 12.0. The van der Waals surface area contributed by atoms with Crippen molar-refractivity contribution in [2.45, 2.75) is 19.9 Å². The zero-order chi connectivity index (χ0) is 17.7. The third kappa shape index (κ3) is 2.31. The van der Waals surface area contributed by atoms with Crippen LogP contribution >= 0.6 is 0 Å². The van der Waals surface area contributed by atoms with Crippen LogP contribution in [0.4, 0.5) is 16.3 Å². The zero-order valence-electron chi connectivity index (χ0n) is 14.6. The third-order valence-electron chi connectivity index (χ3n) is 5.08. The van der Waals surface area contributed by atoms with Crippen molar-refractivity contribution in [2.24, 2.45) is 0 Å². The lowest BCUT2D eigenvalue weighted by Gasteiger charge is -2.32. The van der Waals surface area contributed by atoms with Crippen LogP contribution in [0.3, 0.4) is 0 Å². The van der Waals surface area contributed by atoms with Gasteiger partial charge in [0.2, 0.25) is 0 Å². The molecular formula is C19H19N5O2. The van der Waals surface area contributed by atoms with Crippen LogP contribution in [0.5, 0.6) is 0 Å². The Hall–Kier alpha value is -3.09. The third-order valence-corrected chi connectivity index (χ3v) is 5.08. The van der Waals surface area contributed by atoms with Gasteiger partial charge in [0.15, 0.2) is 5.82 Å². The Morgan fingerprint density at radius 3 is 3.00 bits per heavy atom. The Labute approximate surface area is 150 Å². The number of benzene rings is 1. The van der Waals surface area contributed by atoms with E-state index in [1.807, 2.05) is 29.8 Å². The van der Waals surface area contributed by atoms with E-state index in [0.717, 1.165) is 42.2 Å². The molecule has 26 heavy (non-hydrogen) atoms. The van der Waals surface area contributed by atoms with Gasteiger partial charge in [0.1, 0.15) is 12.1 Å². The summed E-state index contributed by atoms with van der Waals surface area (Å²) in [6.07, 6.45) is 4.29. The molecule has 0 N–H and O–H groups in total. The lowest BCUT2D eigenvalue weighted by molar-refractivity contribution is 0.181. The minimum atomic E-state index is -0.248. The minimum Gasteiger partial charge on any atom is -0.447 e. The van der Waals surface area contributed by atoms with Gasteiger partial charge in [-0.2, -0.15) is 5.10 Å². The van der Waals surface area contributed by atoms with Gasteiger partial charge < -0.3 is 9.64 Å². The average Bonchev–Trinajstić information content (AvgIpc) is 3.24. The number of carbonyl (C=O) groups excluding carboxylic acids is 1. The van der Waals surface area contributed by atoms with Gasteiger partial charge in [-0.3, -0.25) is 4.90 Å². The SMILES string of the molecule is Cc1cc2c(N3CCc4c(cccc4N4CCOC4=O)C3)nccn2n1. The molecule has 0 aliphatic carbocycles. The van der Waals surface area contributed by atoms with Crippen molar-refractivity contribution in [1.82, 2.24) is 14.6 Å². The van der Waals surface area contributed by atoms with E-state index in [-0.39, 0.29) is 6.09 Å². The molecule has 0 atom stereocenters. The Bertz CT molecular complexity index is 1010. The molecule has 0 unspecified atom stereocenters. The summed E-state index contributed by atoms with van der Waals surface area (Å²) in [6.45, 7) is 4.69. The van der Waals surface area contributed by atoms with Gasteiger partial charge in [-0.1, -0.05) is 12.1 Å². The minimum absolute atomic E-state index is 0.248. The number of fused-ring (bicyclic) bond motifs is 2. The summed E-state index contributed by atoms with van der Waals surface area (Å²) in [5.74, 6) is 0.949. The molecule has 1 fully saturated rings. The Morgan fingerprint density at radius 2 is 2.15 bits per heavy atom. The van der Waals surface area contributed by atoms with Gasteiger partial charge in [-0.25, -0.2) is 14.3 Å². The fourth-order valence-electron chi connectivity index (χ4n) is 3.91. The van der Waals surface area contributed by atoms with Crippen LogP contribution < -0.4 is 9.80 Å². The number of carbonyl (C=O) groups is 1. The molecular weight excluding hydrogens is 330 g/mol. The maximum atomic E-state index is 12.0. The van der Waals surface area contributed by atoms with E-state index in [9.17, 15) is 4.79 Å². The van der Waals surface area contributed by atoms with Crippen LogP contribution in [0.15, 0.2) is 36.7 Å². The average molecular weight is 349 g/mol. The van der Waals surface area contributed by atoms with Crippen LogP contribution in [0.2, 0.25) is 0 Å². The smallest absolute Gasteiger partial charge is 0.414 e. The molecule has 0 bridgehead atoms. The van der Waals surface area contributed by atoms with Crippen LogP contribution in [0.25, 0.3) is 5.52 Å². The molecule has 2 aromatic heterocycles. The first-order valence-corrected chi connectivity index (χ1v) is 8.82. The number of aromatic nitrogens is 3. The highest BCUT2D eigenvalue weighted by Gasteiger charge is 2.29. The number of anilines is 2. The second-order valence-electron chi connectivity index (χ2n) is 6.72. The number of amides is 1. The van der Waals surface area contributed by atoms with Crippen LogP contribution in [0, 0.1) is 6.92 Å². The second-order valence-corrected chi connectivity index (χ2v) is 6.72. The lowest BCUT2D eigenvalue weighted by Crippen LogP contribution is -2.33. The summed E-state index contributed by atoms with van der Waals surface area (Å²) in [4.78, 5) is 20.6. The van der Waals surface area contributed by atoms with E-state index >= 15 is 0 Å². The van der Waals surface area contributed by atoms with Gasteiger partial charge >= 0.3 is 6.09 Å². The summed E-state index contributed by atoms with van der Waals surface area (Å²) >= 11 is 0. The molecule has 1 saturated heterocycles. The molecule has 5 rings (SSSR count). The molecule has 132 valence electrons. The van der Waals surface area contributed by atoms with Crippen LogP contribution in [-0.2, 0) is 17.7 Å². The summed E-state index contributed by atoms with van der Waals surface area (Å²) in [5.41, 5.74) is 5.45. The highest BCUT2D eigenvalue weighted by atomic mass is 16.6. The van der Waals surface area contributed by atoms with Crippen molar-refractivity contribution in [3.05, 3.63) is 53.5 Å². The van der Waals surface area contributed by atoms with Crippen LogP contribution in [-0.4, -0.2) is 40.4 Å². The fraction of sp³-hybridized carbons (Fsp3) is 0.316. The van der Waals surface area contributed by atoms with Gasteiger partial charge in [0.25, 0.3) is 0 Å². The van der Waals surface area contributed by atoms with Crippen molar-refractivity contribution >= 4 is 23.1 Å². The van der Waals surface area contributed by atoms with E-state index in [0.29, 0.717) is 13.2 Å². The number of cyclic esters (lactones) is 1. The predicted octanol–water partition coefficient (Wildman–Crippen LogP) is 2.56. The molecule has 4 heterocycles. The molecule has 1 amide bonds. The van der Waals surface area contributed by atoms with Crippen LogP contribution in [0.1, 0.15) is 16.8 Å². The molecule has 0 spiro atoms. The van der Waals surface area contributed by atoms with Gasteiger partial charge in [-0.05, 0) is 36.6 Å². The number of rotatable bonds is 2. The lowest BCUT2D eigenvalue weighted by atomic mass is 9.97. The molecule has 2 aliphatic heterocycles. The monoisotopic (exact) mass is 349 g/mol. The number of hydrogen-bond acceptors (Lipinski definition) is 5. The number of hydrogen-bond donors (Lipinski definition) is 0. The maximum Gasteiger partial charge on any atom is 0.414 e. The fourth-order valence-corrected chi connectivity index (χ4v) is 3.91. The van der Waals surface area contributed by atoms with E-state index in [1.165, 1.54) is 11.1 Å². The highest BCUT2D eigenvalue weighted by Crippen LogP contribution is 2.33. The van der Waals surface area contributed by atoms with Gasteiger partial charge in [0, 0.05) is 25.5 Å². The molecule has 1 aromatic carbocycles. The Morgan fingerprint density at radius 1 is 1.23 bits per heavy atom. The summed E-state index contributed by atoms with van der Waals surface area (Å²) in [6, 6.07) is 8.23. The largest absolute Gasteiger partial charge is 0.447 e. The Kier molecular flexibility index (Phi) is 3.34. The first kappa shape index (κ1) is 15.2. The zero-order valence-corrected chi connectivity index (χ0v) is 14.6. The first-order chi connectivity index (χ1) is 12.7. The van der Waals surface area contributed by atoms with Gasteiger partial charge in [-0.15, -0.1) is 0 Å². The number of nitrogens with zero attached hydrogens (tertiary/aromatic N) is 5. The van der Waals surface area contributed by atoms with E-state index in [1.54, 1.807) is 11.1 Å². The molecule has 0 radical (unpaired) electrons. The van der Waals surface area contributed by atoms with E-state index < -0.39 is 0 Å². The summed E-state index contributed by atoms with van der Waals surface area (Å²) < 4.78 is 6.99. The van der Waals surface area contributed by atoms with Crippen molar-refractivity contribution in [3.63, 3.8) is 0 Å². The van der Waals surface area contributed by atoms with E-state index in [2.05, 4.69) is 27.1 Å². The van der Waals surface area contributed by atoms with E-state index in [4.69, 9.17) is 4.74 Å². The quantitative estimate of drug-likeness (QED) is 0.711. The number of aryl methyl sites for hydroxylation is 1.